The Kier molecular flexibility index (Phi) is 47.5. The molecule has 0 amide bonds. The van der Waals surface area contributed by atoms with Gasteiger partial charge in [-0.05, 0) is 51.4 Å². The van der Waals surface area contributed by atoms with E-state index in [4.69, 9.17) is 42.2 Å². The van der Waals surface area contributed by atoms with E-state index in [1.165, 1.54) is 128 Å². The number of allylic oxidation sites excluding steroid dienone is 5. The van der Waals surface area contributed by atoms with Crippen molar-refractivity contribution in [2.24, 2.45) is 0 Å². The Morgan fingerprint density at radius 3 is 1.28 bits per heavy atom. The van der Waals surface area contributed by atoms with Crippen LogP contribution in [0.1, 0.15) is 258 Å². The van der Waals surface area contributed by atoms with E-state index in [0.29, 0.717) is 19.3 Å². The van der Waals surface area contributed by atoms with Gasteiger partial charge in [0.2, 0.25) is 0 Å². The van der Waals surface area contributed by atoms with Crippen LogP contribution in [-0.2, 0) is 61.2 Å². The maximum absolute atomic E-state index is 14.3. The van der Waals surface area contributed by atoms with Crippen LogP contribution in [0.5, 0.6) is 0 Å². The lowest BCUT2D eigenvalue weighted by molar-refractivity contribution is -0.360. The van der Waals surface area contributed by atoms with E-state index in [1.54, 1.807) is 6.08 Å². The van der Waals surface area contributed by atoms with Gasteiger partial charge in [0.05, 0.1) is 13.2 Å². The van der Waals surface area contributed by atoms with Crippen molar-refractivity contribution >= 4 is 25.7 Å². The molecule has 0 aromatic carbocycles. The van der Waals surface area contributed by atoms with Gasteiger partial charge in [-0.15, -0.1) is 0 Å². The molecule has 3 aliphatic rings. The third-order valence-corrected chi connectivity index (χ3v) is 18.7. The Morgan fingerprint density at radius 1 is 0.432 bits per heavy atom. The minimum Gasteiger partial charge on any atom is -0.462 e. The number of carbonyl (C=O) groups is 3. The van der Waals surface area contributed by atoms with Gasteiger partial charge in [0.25, 0.3) is 0 Å². The zero-order chi connectivity index (χ0) is 69.6. The second kappa shape index (κ2) is 52.2. The summed E-state index contributed by atoms with van der Waals surface area (Å²) in [5, 5.41) is 110. The molecule has 95 heavy (non-hydrogen) atoms. The molecule has 554 valence electrons. The summed E-state index contributed by atoms with van der Waals surface area (Å²) >= 11 is 0. The number of aliphatic hydroxyl groups excluding tert-OH is 10. The van der Waals surface area contributed by atoms with Gasteiger partial charge in [0, 0.05) is 18.9 Å². The zero-order valence-electron chi connectivity index (χ0n) is 57.4. The van der Waals surface area contributed by atoms with Gasteiger partial charge >= 0.3 is 25.7 Å². The van der Waals surface area contributed by atoms with E-state index in [-0.39, 0.29) is 12.8 Å². The van der Waals surface area contributed by atoms with E-state index < -0.39 is 156 Å². The lowest BCUT2D eigenvalue weighted by atomic mass is 9.84. The molecule has 2 heterocycles. The fourth-order valence-electron chi connectivity index (χ4n) is 11.8. The zero-order valence-corrected chi connectivity index (χ0v) is 58.3. The molecule has 2 saturated heterocycles. The number of hydrogen-bond acceptors (Lipinski definition) is 23. The summed E-state index contributed by atoms with van der Waals surface area (Å²) < 4.78 is 64.7. The lowest BCUT2D eigenvalue weighted by Crippen LogP contribution is -2.69. The van der Waals surface area contributed by atoms with Crippen LogP contribution in [0.3, 0.4) is 0 Å². The quantitative estimate of drug-likeness (QED) is 0.00514. The minimum absolute atomic E-state index is 0.0411. The van der Waals surface area contributed by atoms with Crippen LogP contribution in [0.2, 0.25) is 0 Å². The van der Waals surface area contributed by atoms with Crippen molar-refractivity contribution < 1.29 is 117 Å². The Hall–Kier alpha value is -2.82. The van der Waals surface area contributed by atoms with Crippen LogP contribution in [0.15, 0.2) is 36.5 Å². The first-order chi connectivity index (χ1) is 45.8. The number of phosphoric acid groups is 1. The van der Waals surface area contributed by atoms with Gasteiger partial charge in [-0.3, -0.25) is 18.6 Å². The van der Waals surface area contributed by atoms with E-state index in [0.717, 1.165) is 89.5 Å². The number of esters is 3. The summed E-state index contributed by atoms with van der Waals surface area (Å²) in [5.41, 5.74) is 0. The van der Waals surface area contributed by atoms with Crippen LogP contribution in [0, 0.1) is 0 Å². The third kappa shape index (κ3) is 35.9. The Bertz CT molecular complexity index is 2120. The van der Waals surface area contributed by atoms with Gasteiger partial charge < -0.3 is 89.1 Å². The molecule has 11 N–H and O–H groups in total. The second-order valence-electron chi connectivity index (χ2n) is 26.0. The number of ether oxygens (including phenoxy) is 7. The second-order valence-corrected chi connectivity index (χ2v) is 27.4. The Morgan fingerprint density at radius 2 is 0.821 bits per heavy atom. The van der Waals surface area contributed by atoms with Crippen molar-refractivity contribution in [1.29, 1.82) is 0 Å². The molecule has 0 radical (unpaired) electrons. The van der Waals surface area contributed by atoms with Gasteiger partial charge in [-0.1, -0.05) is 225 Å². The van der Waals surface area contributed by atoms with Crippen molar-refractivity contribution in [2.75, 3.05) is 26.4 Å². The molecule has 0 bridgehead atoms. The van der Waals surface area contributed by atoms with Crippen molar-refractivity contribution in [3.8, 4) is 0 Å². The highest BCUT2D eigenvalue weighted by Gasteiger charge is 2.58. The molecule has 3 rings (SSSR count). The highest BCUT2D eigenvalue weighted by molar-refractivity contribution is 7.47. The summed E-state index contributed by atoms with van der Waals surface area (Å²) in [6, 6.07) is 0. The summed E-state index contributed by atoms with van der Waals surface area (Å²) in [5.74, 6) is -2.24. The summed E-state index contributed by atoms with van der Waals surface area (Å²) in [7, 11) is -5.70. The summed E-state index contributed by atoms with van der Waals surface area (Å²) in [6.45, 7) is 3.31. The minimum atomic E-state index is -5.70. The standard InChI is InChI=1S/C70H125O24P/c1-4-7-10-13-16-19-22-25-26-28-30-33-36-39-42-45-55(73)87-50-53-58(76)60(78)65(83)70(91-53)93-67-63(81)61(79)62(80)66(92-69-64(82)59(77)57(75)52(47-71)90-69)68(67)94-95(84,85)88-49-51(48-86-54(72)44-41-38-35-32-29-24-21-18-15-12-9-6-3)89-56(74)46-43-40-37-34-31-27-23-20-17-14-11-8-5-2/h27,31,36,39,42,45,51-53,57-71,75-83H,4-26,28-30,32-35,37-38,40-41,43-44,46-50H2,1-3H3,(H,84,85)/b31-27-,39-36+,45-42+. The van der Waals surface area contributed by atoms with Crippen LogP contribution in [0.25, 0.3) is 0 Å². The van der Waals surface area contributed by atoms with Gasteiger partial charge in [0.1, 0.15) is 98.7 Å². The number of aliphatic hydroxyl groups is 10. The van der Waals surface area contributed by atoms with Crippen molar-refractivity contribution in [3.05, 3.63) is 36.5 Å². The SMILES string of the molecule is CCCCCCCC/C=C\CCCCCC(=O)OC(COC(=O)CCCCCCCCCCCCCC)COP(=O)(O)OC1C(OC2OC(CO)C(O)C(O)C2O)C(O)C(O)C(O)C1OC1OC(COC(=O)/C=C/C=C/CCCCCCCCCCCCC)C(O)C(O)C1O. The average Bonchev–Trinajstić information content (AvgIpc) is 0.764. The van der Waals surface area contributed by atoms with Crippen molar-refractivity contribution in [1.82, 2.24) is 0 Å². The topological polar surface area (TPSA) is 374 Å². The fraction of sp³-hybridized carbons (Fsp3) is 0.871. The molecule has 1 saturated carbocycles. The molecule has 3 fully saturated rings. The Balaban J connectivity index is 1.77. The molecule has 2 aliphatic heterocycles. The van der Waals surface area contributed by atoms with Crippen molar-refractivity contribution in [2.45, 2.75) is 362 Å². The molecule has 18 unspecified atom stereocenters. The number of phosphoric ester groups is 1. The fourth-order valence-corrected chi connectivity index (χ4v) is 12.7. The van der Waals surface area contributed by atoms with Crippen LogP contribution in [-0.4, -0.2) is 204 Å². The molecule has 0 aromatic rings. The number of hydrogen-bond donors (Lipinski definition) is 11. The smallest absolute Gasteiger partial charge is 0.462 e. The van der Waals surface area contributed by atoms with Gasteiger partial charge in [0.15, 0.2) is 18.7 Å². The van der Waals surface area contributed by atoms with E-state index in [1.807, 2.05) is 6.08 Å². The molecule has 18 atom stereocenters. The van der Waals surface area contributed by atoms with Crippen LogP contribution in [0.4, 0.5) is 0 Å². The van der Waals surface area contributed by atoms with E-state index in [9.17, 15) is 74.9 Å². The van der Waals surface area contributed by atoms with Crippen LogP contribution < -0.4 is 0 Å². The van der Waals surface area contributed by atoms with Crippen molar-refractivity contribution in [3.63, 3.8) is 0 Å². The highest BCUT2D eigenvalue weighted by atomic mass is 31.2. The maximum Gasteiger partial charge on any atom is 0.472 e. The summed E-state index contributed by atoms with van der Waals surface area (Å²) in [6.07, 6.45) is 13.0. The molecule has 0 aromatic heterocycles. The molecule has 24 nitrogen and oxygen atoms in total. The predicted molar refractivity (Wildman–Crippen MR) is 356 cm³/mol. The molecular weight excluding hydrogens is 1260 g/mol. The first-order valence-corrected chi connectivity index (χ1v) is 37.8. The number of carbonyl (C=O) groups excluding carboxylic acids is 3. The van der Waals surface area contributed by atoms with E-state index in [2.05, 4.69) is 32.9 Å². The number of unbranched alkanes of at least 4 members (excludes halogenated alkanes) is 31. The first-order valence-electron chi connectivity index (χ1n) is 36.3. The average molecular weight is 1380 g/mol. The van der Waals surface area contributed by atoms with Gasteiger partial charge in [-0.2, -0.15) is 0 Å². The van der Waals surface area contributed by atoms with E-state index >= 15 is 0 Å². The maximum atomic E-state index is 14.3. The summed E-state index contributed by atoms with van der Waals surface area (Å²) in [4.78, 5) is 50.7. The largest absolute Gasteiger partial charge is 0.472 e. The molecule has 25 heteroatoms. The number of rotatable bonds is 55. The monoisotopic (exact) mass is 1380 g/mol. The predicted octanol–water partition coefficient (Wildman–Crippen LogP) is 9.12. The molecule has 1 aliphatic carbocycles. The van der Waals surface area contributed by atoms with Gasteiger partial charge in [-0.25, -0.2) is 9.36 Å². The Labute approximate surface area is 566 Å². The normalized spacial score (nSPS) is 28.3. The third-order valence-electron chi connectivity index (χ3n) is 17.7. The van der Waals surface area contributed by atoms with Crippen LogP contribution >= 0.6 is 7.82 Å². The molecule has 0 spiro atoms. The lowest BCUT2D eigenvalue weighted by Gasteiger charge is -2.49. The molecular formula is C70H125O24P. The first kappa shape index (κ1) is 86.4. The highest BCUT2D eigenvalue weighted by Crippen LogP contribution is 2.49.